The molecule has 0 radical (unpaired) electrons. The first kappa shape index (κ1) is 23.8. The molecule has 1 aromatic carbocycles. The van der Waals surface area contributed by atoms with Crippen molar-refractivity contribution in [3.8, 4) is 0 Å². The van der Waals surface area contributed by atoms with Gasteiger partial charge in [-0.2, -0.15) is 0 Å². The summed E-state index contributed by atoms with van der Waals surface area (Å²) in [5.74, 6) is -2.38. The Balaban J connectivity index is 2.12. The Kier molecular flexibility index (Phi) is 6.88. The third-order valence-corrected chi connectivity index (χ3v) is 10.3. The van der Waals surface area contributed by atoms with Crippen molar-refractivity contribution >= 4 is 32.0 Å². The number of carbonyl (C=O) groups excluding carboxylic acids is 4. The van der Waals surface area contributed by atoms with E-state index in [2.05, 4.69) is 26.1 Å². The Labute approximate surface area is 178 Å². The van der Waals surface area contributed by atoms with E-state index in [1.807, 2.05) is 13.1 Å². The number of nitrogens with zero attached hydrogens (tertiary/aromatic N) is 1. The summed E-state index contributed by atoms with van der Waals surface area (Å²) in [5.41, 5.74) is 0.517. The number of hydrogen-bond acceptors (Lipinski definition) is 6. The zero-order valence-corrected chi connectivity index (χ0v) is 19.6. The SMILES string of the molecule is COC(=O)[C@H](NC(=O)CN1C(=O)c2ccccc2C1=O)[C@H](C)O[Si](C)(C)C(C)(C)C. The predicted molar refractivity (Wildman–Crippen MR) is 113 cm³/mol. The molecule has 0 spiro atoms. The lowest BCUT2D eigenvalue weighted by molar-refractivity contribution is -0.147. The highest BCUT2D eigenvalue weighted by molar-refractivity contribution is 6.74. The van der Waals surface area contributed by atoms with Gasteiger partial charge in [0.25, 0.3) is 11.8 Å². The summed E-state index contributed by atoms with van der Waals surface area (Å²) in [4.78, 5) is 50.7. The number of benzene rings is 1. The normalized spacial score (nSPS) is 16.2. The van der Waals surface area contributed by atoms with Crippen molar-refractivity contribution < 1.29 is 28.3 Å². The second kappa shape index (κ2) is 8.69. The Morgan fingerprint density at radius 2 is 1.60 bits per heavy atom. The van der Waals surface area contributed by atoms with Gasteiger partial charge in [-0.15, -0.1) is 0 Å². The van der Waals surface area contributed by atoms with E-state index in [0.717, 1.165) is 4.90 Å². The lowest BCUT2D eigenvalue weighted by Gasteiger charge is -2.40. The van der Waals surface area contributed by atoms with E-state index in [9.17, 15) is 19.2 Å². The molecule has 0 aromatic heterocycles. The number of esters is 1. The average molecular weight is 435 g/mol. The van der Waals surface area contributed by atoms with Crippen molar-refractivity contribution in [2.75, 3.05) is 13.7 Å². The maximum Gasteiger partial charge on any atom is 0.331 e. The largest absolute Gasteiger partial charge is 0.467 e. The number of fused-ring (bicyclic) bond motifs is 1. The molecule has 0 fully saturated rings. The van der Waals surface area contributed by atoms with Gasteiger partial charge in [0, 0.05) is 0 Å². The monoisotopic (exact) mass is 434 g/mol. The second-order valence-corrected chi connectivity index (χ2v) is 13.6. The van der Waals surface area contributed by atoms with Crippen LogP contribution in [-0.4, -0.2) is 62.7 Å². The highest BCUT2D eigenvalue weighted by atomic mass is 28.4. The number of ether oxygens (including phenoxy) is 1. The summed E-state index contributed by atoms with van der Waals surface area (Å²) in [6.07, 6.45) is -0.649. The van der Waals surface area contributed by atoms with Crippen molar-refractivity contribution in [1.82, 2.24) is 10.2 Å². The molecule has 1 heterocycles. The van der Waals surface area contributed by atoms with Crippen LogP contribution >= 0.6 is 0 Å². The van der Waals surface area contributed by atoms with E-state index in [4.69, 9.17) is 9.16 Å². The number of rotatable bonds is 7. The molecule has 0 bridgehead atoms. The second-order valence-electron chi connectivity index (χ2n) is 8.89. The van der Waals surface area contributed by atoms with E-state index in [1.54, 1.807) is 31.2 Å². The topological polar surface area (TPSA) is 102 Å². The van der Waals surface area contributed by atoms with Gasteiger partial charge in [-0.25, -0.2) is 4.79 Å². The third kappa shape index (κ3) is 4.79. The summed E-state index contributed by atoms with van der Waals surface area (Å²) >= 11 is 0. The first-order valence-corrected chi connectivity index (χ1v) is 12.7. The number of methoxy groups -OCH3 is 1. The molecule has 3 amide bonds. The molecular formula is C21H30N2O6Si. The Morgan fingerprint density at radius 1 is 1.10 bits per heavy atom. The zero-order chi connectivity index (χ0) is 22.9. The average Bonchev–Trinajstić information content (AvgIpc) is 2.89. The van der Waals surface area contributed by atoms with Gasteiger partial charge in [0.2, 0.25) is 5.91 Å². The zero-order valence-electron chi connectivity index (χ0n) is 18.6. The van der Waals surface area contributed by atoms with Crippen LogP contribution in [0.5, 0.6) is 0 Å². The van der Waals surface area contributed by atoms with Crippen molar-refractivity contribution in [1.29, 1.82) is 0 Å². The van der Waals surface area contributed by atoms with Gasteiger partial charge < -0.3 is 14.5 Å². The quantitative estimate of drug-likeness (QED) is 0.402. The molecule has 30 heavy (non-hydrogen) atoms. The van der Waals surface area contributed by atoms with Crippen molar-refractivity contribution in [3.63, 3.8) is 0 Å². The van der Waals surface area contributed by atoms with Crippen LogP contribution in [0, 0.1) is 0 Å². The van der Waals surface area contributed by atoms with Gasteiger partial charge in [-0.1, -0.05) is 32.9 Å². The molecule has 1 N–H and O–H groups in total. The van der Waals surface area contributed by atoms with Gasteiger partial charge in [0.1, 0.15) is 6.54 Å². The van der Waals surface area contributed by atoms with Crippen LogP contribution < -0.4 is 5.32 Å². The molecule has 2 rings (SSSR count). The molecule has 1 aromatic rings. The van der Waals surface area contributed by atoms with Crippen LogP contribution in [0.25, 0.3) is 0 Å². The molecule has 9 heteroatoms. The summed E-state index contributed by atoms with van der Waals surface area (Å²) in [6, 6.07) is 5.33. The van der Waals surface area contributed by atoms with Crippen LogP contribution in [-0.2, 0) is 18.8 Å². The first-order valence-electron chi connectivity index (χ1n) is 9.80. The third-order valence-electron chi connectivity index (χ3n) is 5.71. The van der Waals surface area contributed by atoms with Crippen LogP contribution in [0.2, 0.25) is 18.1 Å². The molecule has 1 aliphatic heterocycles. The van der Waals surface area contributed by atoms with E-state index in [1.165, 1.54) is 7.11 Å². The fourth-order valence-electron chi connectivity index (χ4n) is 2.95. The number of nitrogens with one attached hydrogen (secondary N) is 1. The molecule has 0 aliphatic carbocycles. The summed E-state index contributed by atoms with van der Waals surface area (Å²) in [6.45, 7) is 11.5. The lowest BCUT2D eigenvalue weighted by atomic mass is 10.1. The summed E-state index contributed by atoms with van der Waals surface area (Å²) < 4.78 is 11.1. The van der Waals surface area contributed by atoms with E-state index in [-0.39, 0.29) is 16.2 Å². The molecule has 0 unspecified atom stereocenters. The smallest absolute Gasteiger partial charge is 0.331 e. The van der Waals surface area contributed by atoms with E-state index in [0.29, 0.717) is 0 Å². The van der Waals surface area contributed by atoms with Crippen LogP contribution in [0.4, 0.5) is 0 Å². The molecule has 1 aliphatic rings. The van der Waals surface area contributed by atoms with Gasteiger partial charge in [0.15, 0.2) is 14.4 Å². The standard InChI is InChI=1S/C21H30N2O6Si/c1-13(29-30(6,7)21(2,3)4)17(20(27)28-5)22-16(24)12-23-18(25)14-10-8-9-11-15(14)19(23)26/h8-11,13,17H,12H2,1-7H3,(H,22,24)/t13-,17+/m0/s1. The number of carbonyl (C=O) groups is 4. The van der Waals surface area contributed by atoms with Gasteiger partial charge in [0.05, 0.1) is 24.3 Å². The number of amides is 3. The minimum absolute atomic E-state index is 0.0912. The Hall–Kier alpha value is -2.52. The van der Waals surface area contributed by atoms with Crippen LogP contribution in [0.3, 0.4) is 0 Å². The minimum atomic E-state index is -2.22. The Morgan fingerprint density at radius 3 is 2.03 bits per heavy atom. The van der Waals surface area contributed by atoms with Gasteiger partial charge in [-0.05, 0) is 37.2 Å². The fourth-order valence-corrected chi connectivity index (χ4v) is 4.37. The number of imide groups is 1. The van der Waals surface area contributed by atoms with Crippen molar-refractivity contribution in [2.45, 2.75) is 58.0 Å². The van der Waals surface area contributed by atoms with Gasteiger partial charge >= 0.3 is 5.97 Å². The molecule has 0 saturated carbocycles. The molecule has 0 saturated heterocycles. The predicted octanol–water partition coefficient (Wildman–Crippen LogP) is 2.35. The van der Waals surface area contributed by atoms with Crippen molar-refractivity contribution in [3.05, 3.63) is 35.4 Å². The molecule has 8 nitrogen and oxygen atoms in total. The van der Waals surface area contributed by atoms with E-state index < -0.39 is 50.7 Å². The Bertz CT molecular complexity index is 826. The first-order chi connectivity index (χ1) is 13.8. The van der Waals surface area contributed by atoms with Crippen LogP contribution in [0.15, 0.2) is 24.3 Å². The summed E-state index contributed by atoms with van der Waals surface area (Å²) in [5, 5.41) is 2.48. The highest BCUT2D eigenvalue weighted by Gasteiger charge is 2.42. The maximum atomic E-state index is 12.6. The van der Waals surface area contributed by atoms with E-state index >= 15 is 0 Å². The molecular weight excluding hydrogens is 404 g/mol. The summed E-state index contributed by atoms with van der Waals surface area (Å²) in [7, 11) is -0.992. The van der Waals surface area contributed by atoms with Gasteiger partial charge in [-0.3, -0.25) is 19.3 Å². The number of hydrogen-bond donors (Lipinski definition) is 1. The minimum Gasteiger partial charge on any atom is -0.467 e. The van der Waals surface area contributed by atoms with Crippen LogP contribution in [0.1, 0.15) is 48.4 Å². The maximum absolute atomic E-state index is 12.6. The highest BCUT2D eigenvalue weighted by Crippen LogP contribution is 2.37. The fraction of sp³-hybridized carbons (Fsp3) is 0.524. The van der Waals surface area contributed by atoms with Crippen molar-refractivity contribution in [2.24, 2.45) is 0 Å². The lowest BCUT2D eigenvalue weighted by Crippen LogP contribution is -2.55. The molecule has 2 atom stereocenters. The molecule has 164 valence electrons.